The van der Waals surface area contributed by atoms with Gasteiger partial charge in [0.15, 0.2) is 0 Å². The lowest BCUT2D eigenvalue weighted by Gasteiger charge is -2.30. The molecule has 2 heterocycles. The van der Waals surface area contributed by atoms with Crippen LogP contribution < -0.4 is 5.32 Å². The number of amides is 1. The second-order valence-electron chi connectivity index (χ2n) is 6.61. The summed E-state index contributed by atoms with van der Waals surface area (Å²) in [7, 11) is 0. The molecule has 3 rings (SSSR count). The third-order valence-corrected chi connectivity index (χ3v) is 4.87. The van der Waals surface area contributed by atoms with Gasteiger partial charge in [0.2, 0.25) is 5.91 Å². The molecule has 2 aliphatic rings. The van der Waals surface area contributed by atoms with Crippen molar-refractivity contribution in [3.8, 4) is 6.07 Å². The van der Waals surface area contributed by atoms with Crippen LogP contribution in [0.25, 0.3) is 0 Å². The zero-order chi connectivity index (χ0) is 16.1. The summed E-state index contributed by atoms with van der Waals surface area (Å²) >= 11 is 0. The molecule has 6 nitrogen and oxygen atoms in total. The van der Waals surface area contributed by atoms with Gasteiger partial charge in [-0.05, 0) is 24.8 Å². The number of nitrogens with zero attached hydrogens (tertiary/aromatic N) is 4. The third-order valence-electron chi connectivity index (χ3n) is 4.87. The van der Waals surface area contributed by atoms with E-state index in [0.29, 0.717) is 13.1 Å². The fourth-order valence-corrected chi connectivity index (χ4v) is 3.55. The maximum atomic E-state index is 12.4. The second-order valence-corrected chi connectivity index (χ2v) is 6.61. The molecule has 0 spiro atoms. The first-order valence-corrected chi connectivity index (χ1v) is 8.43. The highest BCUT2D eigenvalue weighted by molar-refractivity contribution is 5.79. The van der Waals surface area contributed by atoms with E-state index >= 15 is 0 Å². The first kappa shape index (κ1) is 15.9. The summed E-state index contributed by atoms with van der Waals surface area (Å²) in [5, 5.41) is 12.6. The molecule has 1 amide bonds. The lowest BCUT2D eigenvalue weighted by molar-refractivity contribution is -0.124. The Kier molecular flexibility index (Phi) is 4.87. The minimum absolute atomic E-state index is 0.0500. The zero-order valence-corrected chi connectivity index (χ0v) is 13.4. The Morgan fingerprint density at radius 2 is 2.13 bits per heavy atom. The van der Waals surface area contributed by atoms with Gasteiger partial charge in [0.1, 0.15) is 11.9 Å². The molecule has 0 atom stereocenters. The van der Waals surface area contributed by atoms with Crippen LogP contribution in [0.15, 0.2) is 12.5 Å². The van der Waals surface area contributed by atoms with E-state index in [1.165, 1.54) is 5.56 Å². The molecule has 0 radical (unpaired) electrons. The smallest absolute Gasteiger partial charge is 0.235 e. The zero-order valence-electron chi connectivity index (χ0n) is 13.4. The van der Waals surface area contributed by atoms with Crippen molar-refractivity contribution in [2.75, 3.05) is 13.1 Å². The number of nitrogens with one attached hydrogen (secondary N) is 1. The molecule has 1 N–H and O–H groups in total. The van der Waals surface area contributed by atoms with Crippen LogP contribution in [0.1, 0.15) is 49.8 Å². The predicted octanol–water partition coefficient (Wildman–Crippen LogP) is 1.57. The minimum Gasteiger partial charge on any atom is -0.337 e. The van der Waals surface area contributed by atoms with Crippen molar-refractivity contribution in [2.45, 2.75) is 57.0 Å². The highest BCUT2D eigenvalue weighted by atomic mass is 16.2. The van der Waals surface area contributed by atoms with Gasteiger partial charge in [-0.25, -0.2) is 9.97 Å². The van der Waals surface area contributed by atoms with E-state index in [9.17, 15) is 10.1 Å². The molecule has 122 valence electrons. The normalized spacial score (nSPS) is 20.8. The van der Waals surface area contributed by atoms with Crippen molar-refractivity contribution in [3.05, 3.63) is 23.8 Å². The molecule has 0 bridgehead atoms. The number of nitriles is 1. The van der Waals surface area contributed by atoms with Crippen LogP contribution >= 0.6 is 0 Å². The topological polar surface area (TPSA) is 81.9 Å². The molecule has 1 aromatic rings. The molecule has 1 fully saturated rings. The van der Waals surface area contributed by atoms with Gasteiger partial charge >= 0.3 is 0 Å². The summed E-state index contributed by atoms with van der Waals surface area (Å²) in [6.45, 7) is 1.82. The van der Waals surface area contributed by atoms with Crippen LogP contribution in [0.3, 0.4) is 0 Å². The molecule has 1 aliphatic carbocycles. The van der Waals surface area contributed by atoms with E-state index in [0.717, 1.165) is 57.2 Å². The Bertz CT molecular complexity index is 601. The Morgan fingerprint density at radius 3 is 2.87 bits per heavy atom. The first-order valence-electron chi connectivity index (χ1n) is 8.43. The van der Waals surface area contributed by atoms with Crippen LogP contribution in [-0.2, 0) is 17.8 Å². The quantitative estimate of drug-likeness (QED) is 0.857. The SMILES string of the molecule is N#CC1(NC(=O)CN2CCc3cncnc3C2)CCCCCC1. The number of hydrogen-bond acceptors (Lipinski definition) is 5. The Morgan fingerprint density at radius 1 is 1.35 bits per heavy atom. The lowest BCUT2D eigenvalue weighted by atomic mass is 9.92. The average molecular weight is 313 g/mol. The van der Waals surface area contributed by atoms with Gasteiger partial charge in [0.25, 0.3) is 0 Å². The van der Waals surface area contributed by atoms with Gasteiger partial charge < -0.3 is 5.32 Å². The van der Waals surface area contributed by atoms with Crippen LogP contribution in [-0.4, -0.2) is 39.4 Å². The predicted molar refractivity (Wildman–Crippen MR) is 85.2 cm³/mol. The first-order chi connectivity index (χ1) is 11.2. The van der Waals surface area contributed by atoms with Crippen LogP contribution in [0.5, 0.6) is 0 Å². The van der Waals surface area contributed by atoms with E-state index < -0.39 is 5.54 Å². The standard InChI is InChI=1S/C17H23N5O/c18-12-17(6-3-1-2-4-7-17)21-16(23)11-22-8-5-14-9-19-13-20-15(14)10-22/h9,13H,1-8,10-11H2,(H,21,23). The van der Waals surface area contributed by atoms with Crippen molar-refractivity contribution in [2.24, 2.45) is 0 Å². The number of carbonyl (C=O) groups is 1. The number of hydrogen-bond donors (Lipinski definition) is 1. The minimum atomic E-state index is -0.663. The van der Waals surface area contributed by atoms with Crippen molar-refractivity contribution in [1.82, 2.24) is 20.2 Å². The Balaban J connectivity index is 1.58. The van der Waals surface area contributed by atoms with E-state index in [1.54, 1.807) is 6.33 Å². The summed E-state index contributed by atoms with van der Waals surface area (Å²) in [5.74, 6) is -0.0500. The molecular formula is C17H23N5O. The van der Waals surface area contributed by atoms with E-state index in [-0.39, 0.29) is 5.91 Å². The Hall–Kier alpha value is -2.00. The average Bonchev–Trinajstić information content (AvgIpc) is 2.80. The van der Waals surface area contributed by atoms with E-state index in [2.05, 4.69) is 26.3 Å². The van der Waals surface area contributed by atoms with Crippen LogP contribution in [0.4, 0.5) is 0 Å². The van der Waals surface area contributed by atoms with Gasteiger partial charge in [-0.3, -0.25) is 9.69 Å². The number of rotatable bonds is 3. The van der Waals surface area contributed by atoms with Gasteiger partial charge in [0, 0.05) is 19.3 Å². The summed E-state index contributed by atoms with van der Waals surface area (Å²) < 4.78 is 0. The van der Waals surface area contributed by atoms with Crippen molar-refractivity contribution >= 4 is 5.91 Å². The third kappa shape index (κ3) is 3.85. The monoisotopic (exact) mass is 313 g/mol. The fourth-order valence-electron chi connectivity index (χ4n) is 3.55. The highest BCUT2D eigenvalue weighted by Crippen LogP contribution is 2.26. The highest BCUT2D eigenvalue weighted by Gasteiger charge is 2.33. The van der Waals surface area contributed by atoms with Gasteiger partial charge in [-0.1, -0.05) is 25.7 Å². The lowest BCUT2D eigenvalue weighted by Crippen LogP contribution is -2.51. The molecule has 23 heavy (non-hydrogen) atoms. The maximum Gasteiger partial charge on any atom is 0.235 e. The summed E-state index contributed by atoms with van der Waals surface area (Å²) in [6.07, 6.45) is 10.2. The van der Waals surface area contributed by atoms with Gasteiger partial charge in [0.05, 0.1) is 18.3 Å². The van der Waals surface area contributed by atoms with E-state index in [1.807, 2.05) is 6.20 Å². The Labute approximate surface area is 136 Å². The molecule has 1 aromatic heterocycles. The largest absolute Gasteiger partial charge is 0.337 e. The fraction of sp³-hybridized carbons (Fsp3) is 0.647. The molecule has 1 saturated carbocycles. The summed E-state index contributed by atoms with van der Waals surface area (Å²) in [6, 6.07) is 2.37. The molecule has 0 unspecified atom stereocenters. The van der Waals surface area contributed by atoms with Gasteiger partial charge in [-0.2, -0.15) is 5.26 Å². The van der Waals surface area contributed by atoms with Crippen molar-refractivity contribution in [1.29, 1.82) is 5.26 Å². The molecule has 6 heteroatoms. The van der Waals surface area contributed by atoms with Gasteiger partial charge in [-0.15, -0.1) is 0 Å². The maximum absolute atomic E-state index is 12.4. The van der Waals surface area contributed by atoms with Crippen LogP contribution in [0, 0.1) is 11.3 Å². The summed E-state index contributed by atoms with van der Waals surface area (Å²) in [4.78, 5) is 22.9. The van der Waals surface area contributed by atoms with Crippen molar-refractivity contribution < 1.29 is 4.79 Å². The summed E-state index contributed by atoms with van der Waals surface area (Å²) in [5.41, 5.74) is 1.51. The second kappa shape index (κ2) is 7.05. The number of fused-ring (bicyclic) bond motifs is 1. The molecule has 0 aromatic carbocycles. The molecular weight excluding hydrogens is 290 g/mol. The van der Waals surface area contributed by atoms with E-state index in [4.69, 9.17) is 0 Å². The van der Waals surface area contributed by atoms with Crippen LogP contribution in [0.2, 0.25) is 0 Å². The number of aromatic nitrogens is 2. The molecule has 0 saturated heterocycles. The van der Waals surface area contributed by atoms with Crippen molar-refractivity contribution in [3.63, 3.8) is 0 Å². The molecule has 1 aliphatic heterocycles. The number of carbonyl (C=O) groups excluding carboxylic acids is 1.